The van der Waals surface area contributed by atoms with Crippen LogP contribution in [-0.2, 0) is 11.3 Å². The smallest absolute Gasteiger partial charge is 0.296 e. The molecule has 1 aliphatic heterocycles. The number of fused-ring (bicyclic) bond motifs is 3. The van der Waals surface area contributed by atoms with Crippen LogP contribution < -0.4 is 10.6 Å². The summed E-state index contributed by atoms with van der Waals surface area (Å²) in [5, 5.41) is 6.47. The van der Waals surface area contributed by atoms with Crippen LogP contribution in [0.15, 0.2) is 48.8 Å². The zero-order chi connectivity index (χ0) is 15.8. The quantitative estimate of drug-likeness (QED) is 0.726. The maximum atomic E-state index is 12.2. The van der Waals surface area contributed by atoms with E-state index in [1.807, 2.05) is 30.3 Å². The Bertz CT molecular complexity index is 938. The van der Waals surface area contributed by atoms with Gasteiger partial charge in [-0.05, 0) is 17.7 Å². The van der Waals surface area contributed by atoms with Crippen LogP contribution in [0.2, 0.25) is 0 Å². The third kappa shape index (κ3) is 2.20. The fraction of sp³-hybridized carbons (Fsp3) is 0.0588. The molecular formula is C17H12N4O2. The van der Waals surface area contributed by atoms with Crippen molar-refractivity contribution in [3.8, 4) is 0 Å². The highest BCUT2D eigenvalue weighted by Gasteiger charge is 2.33. The number of benzene rings is 1. The summed E-state index contributed by atoms with van der Waals surface area (Å²) >= 11 is 0. The Morgan fingerprint density at radius 1 is 1.09 bits per heavy atom. The molecule has 0 saturated carbocycles. The van der Waals surface area contributed by atoms with Gasteiger partial charge in [-0.15, -0.1) is 0 Å². The van der Waals surface area contributed by atoms with Gasteiger partial charge in [-0.3, -0.25) is 14.6 Å². The van der Waals surface area contributed by atoms with Crippen molar-refractivity contribution in [1.29, 1.82) is 0 Å². The fourth-order valence-electron chi connectivity index (χ4n) is 2.67. The zero-order valence-electron chi connectivity index (χ0n) is 12.0. The van der Waals surface area contributed by atoms with Gasteiger partial charge in [0, 0.05) is 24.3 Å². The van der Waals surface area contributed by atoms with Crippen LogP contribution in [-0.4, -0.2) is 21.7 Å². The molecule has 0 saturated heterocycles. The van der Waals surface area contributed by atoms with Gasteiger partial charge in [0.25, 0.3) is 11.7 Å². The van der Waals surface area contributed by atoms with Crippen molar-refractivity contribution in [2.24, 2.45) is 0 Å². The van der Waals surface area contributed by atoms with E-state index in [1.54, 1.807) is 18.5 Å². The summed E-state index contributed by atoms with van der Waals surface area (Å²) in [5.41, 5.74) is 2.48. The van der Waals surface area contributed by atoms with Gasteiger partial charge in [0.2, 0.25) is 0 Å². The van der Waals surface area contributed by atoms with Crippen molar-refractivity contribution in [1.82, 2.24) is 9.97 Å². The molecule has 0 radical (unpaired) electrons. The van der Waals surface area contributed by atoms with E-state index in [0.717, 1.165) is 5.56 Å². The highest BCUT2D eigenvalue weighted by molar-refractivity contribution is 6.54. The number of hydrogen-bond acceptors (Lipinski definition) is 5. The number of aromatic nitrogens is 2. The van der Waals surface area contributed by atoms with Crippen LogP contribution in [0.5, 0.6) is 0 Å². The van der Waals surface area contributed by atoms with Gasteiger partial charge in [-0.1, -0.05) is 24.3 Å². The highest BCUT2D eigenvalue weighted by atomic mass is 16.2. The molecule has 1 aromatic carbocycles. The molecule has 0 atom stereocenters. The Morgan fingerprint density at radius 3 is 2.78 bits per heavy atom. The lowest BCUT2D eigenvalue weighted by molar-refractivity contribution is -0.112. The Kier molecular flexibility index (Phi) is 3.01. The average molecular weight is 304 g/mol. The second kappa shape index (κ2) is 5.17. The van der Waals surface area contributed by atoms with E-state index in [-0.39, 0.29) is 0 Å². The number of rotatable bonds is 3. The summed E-state index contributed by atoms with van der Waals surface area (Å²) in [6.45, 7) is 0.496. The first-order valence-corrected chi connectivity index (χ1v) is 7.15. The maximum absolute atomic E-state index is 12.2. The van der Waals surface area contributed by atoms with Crippen molar-refractivity contribution in [3.05, 3.63) is 59.9 Å². The van der Waals surface area contributed by atoms with Crippen molar-refractivity contribution in [2.45, 2.75) is 6.54 Å². The molecule has 2 N–H and O–H groups in total. The van der Waals surface area contributed by atoms with E-state index in [2.05, 4.69) is 20.6 Å². The number of carbonyl (C=O) groups excluding carboxylic acids is 2. The van der Waals surface area contributed by atoms with Crippen molar-refractivity contribution in [2.75, 3.05) is 10.6 Å². The third-order valence-electron chi connectivity index (χ3n) is 3.75. The number of nitrogens with one attached hydrogen (secondary N) is 2. The van der Waals surface area contributed by atoms with Crippen LogP contribution >= 0.6 is 0 Å². The van der Waals surface area contributed by atoms with E-state index in [0.29, 0.717) is 34.5 Å². The minimum absolute atomic E-state index is 0.384. The topological polar surface area (TPSA) is 84.0 Å². The maximum Gasteiger partial charge on any atom is 0.296 e. The van der Waals surface area contributed by atoms with Crippen LogP contribution in [0.1, 0.15) is 15.9 Å². The van der Waals surface area contributed by atoms with Crippen molar-refractivity contribution < 1.29 is 9.59 Å². The molecule has 6 nitrogen and oxygen atoms in total. The van der Waals surface area contributed by atoms with Gasteiger partial charge in [0.05, 0.1) is 16.8 Å². The van der Waals surface area contributed by atoms with Gasteiger partial charge in [-0.25, -0.2) is 4.98 Å². The summed E-state index contributed by atoms with van der Waals surface area (Å²) in [7, 11) is 0. The molecule has 0 spiro atoms. The van der Waals surface area contributed by atoms with Crippen LogP contribution in [0, 0.1) is 0 Å². The molecule has 3 aromatic rings. The number of hydrogen-bond donors (Lipinski definition) is 2. The molecule has 2 aromatic heterocycles. The number of anilines is 2. The molecule has 4 rings (SSSR count). The normalized spacial score (nSPS) is 13.0. The molecule has 23 heavy (non-hydrogen) atoms. The van der Waals surface area contributed by atoms with E-state index in [4.69, 9.17) is 0 Å². The number of pyridine rings is 2. The van der Waals surface area contributed by atoms with Gasteiger partial charge in [-0.2, -0.15) is 0 Å². The van der Waals surface area contributed by atoms with Gasteiger partial charge >= 0.3 is 0 Å². The molecular weight excluding hydrogens is 292 g/mol. The Morgan fingerprint density at radius 2 is 1.96 bits per heavy atom. The van der Waals surface area contributed by atoms with E-state index in [1.165, 1.54) is 0 Å². The minimum atomic E-state index is -0.623. The fourth-order valence-corrected chi connectivity index (χ4v) is 2.67. The molecule has 0 bridgehead atoms. The highest BCUT2D eigenvalue weighted by Crippen LogP contribution is 2.35. The largest absolute Gasteiger partial charge is 0.364 e. The van der Waals surface area contributed by atoms with Gasteiger partial charge in [0.1, 0.15) is 0 Å². The number of Topliss-reactive ketones (excluding diaryl/α,β-unsaturated/α-hetero) is 1. The lowest BCUT2D eigenvalue weighted by Gasteiger charge is -2.11. The average Bonchev–Trinajstić information content (AvgIpc) is 2.89. The molecule has 0 unspecified atom stereocenters. The number of ketones is 1. The molecule has 112 valence electrons. The lowest BCUT2D eigenvalue weighted by atomic mass is 10.1. The summed E-state index contributed by atoms with van der Waals surface area (Å²) in [6, 6.07) is 11.1. The zero-order valence-corrected chi connectivity index (χ0v) is 12.0. The molecule has 1 amide bonds. The van der Waals surface area contributed by atoms with Crippen molar-refractivity contribution >= 4 is 34.1 Å². The Balaban J connectivity index is 1.80. The summed E-state index contributed by atoms with van der Waals surface area (Å²) in [5.74, 6) is -0.660. The SMILES string of the molecule is O=C1Nc2c(NCc3cccnc3)nc3ccccc3c2C1=O. The van der Waals surface area contributed by atoms with Crippen molar-refractivity contribution in [3.63, 3.8) is 0 Å². The lowest BCUT2D eigenvalue weighted by Crippen LogP contribution is -2.12. The first kappa shape index (κ1) is 13.4. The van der Waals surface area contributed by atoms with Crippen LogP contribution in [0.4, 0.5) is 11.5 Å². The Hall–Kier alpha value is -3.28. The first-order chi connectivity index (χ1) is 11.2. The minimum Gasteiger partial charge on any atom is -0.364 e. The summed E-state index contributed by atoms with van der Waals surface area (Å²) < 4.78 is 0. The predicted molar refractivity (Wildman–Crippen MR) is 86.3 cm³/mol. The van der Waals surface area contributed by atoms with Gasteiger partial charge in [0.15, 0.2) is 5.82 Å². The molecule has 0 fully saturated rings. The summed E-state index contributed by atoms with van der Waals surface area (Å²) in [4.78, 5) is 32.5. The Labute approximate surface area is 131 Å². The number of nitrogens with zero attached hydrogens (tertiary/aromatic N) is 2. The monoisotopic (exact) mass is 304 g/mol. The third-order valence-corrected chi connectivity index (χ3v) is 3.75. The molecule has 0 aliphatic carbocycles. The second-order valence-electron chi connectivity index (χ2n) is 5.23. The van der Waals surface area contributed by atoms with E-state index in [9.17, 15) is 9.59 Å². The number of para-hydroxylation sites is 1. The molecule has 6 heteroatoms. The van der Waals surface area contributed by atoms with Crippen LogP contribution in [0.3, 0.4) is 0 Å². The first-order valence-electron chi connectivity index (χ1n) is 7.15. The van der Waals surface area contributed by atoms with Crippen LogP contribution in [0.25, 0.3) is 10.9 Å². The van der Waals surface area contributed by atoms with Gasteiger partial charge < -0.3 is 10.6 Å². The standard InChI is InChI=1S/C17H12N4O2/c22-15-13-11-5-1-2-6-12(11)20-16(14(13)21-17(15)23)19-9-10-4-3-7-18-8-10/h1-8H,9H2,(H,19,20)(H,21,22,23). The second-order valence-corrected chi connectivity index (χ2v) is 5.23. The number of carbonyl (C=O) groups is 2. The number of amides is 1. The summed E-state index contributed by atoms with van der Waals surface area (Å²) in [6.07, 6.45) is 3.45. The molecule has 1 aliphatic rings. The van der Waals surface area contributed by atoms with E-state index < -0.39 is 11.7 Å². The van der Waals surface area contributed by atoms with E-state index >= 15 is 0 Å². The predicted octanol–water partition coefficient (Wildman–Crippen LogP) is 2.38. The molecule has 3 heterocycles.